The number of hydrogen-bond donors (Lipinski definition) is 1. The Morgan fingerprint density at radius 2 is 2.36 bits per heavy atom. The van der Waals surface area contributed by atoms with E-state index in [1.165, 1.54) is 12.8 Å². The van der Waals surface area contributed by atoms with Crippen LogP contribution in [0.1, 0.15) is 44.5 Å². The first-order valence-electron chi connectivity index (χ1n) is 5.49. The average molecular weight is 194 g/mol. The average Bonchev–Trinajstić information content (AvgIpc) is 2.69. The predicted octanol–water partition coefficient (Wildman–Crippen LogP) is 3.14. The lowest BCUT2D eigenvalue weighted by molar-refractivity contribution is 0.0538. The first kappa shape index (κ1) is 9.78. The van der Waals surface area contributed by atoms with Gasteiger partial charge in [0.05, 0.1) is 6.26 Å². The first-order valence-corrected chi connectivity index (χ1v) is 5.49. The number of aliphatic hydroxyl groups is 1. The molecule has 3 atom stereocenters. The lowest BCUT2D eigenvalue weighted by Crippen LogP contribution is -2.19. The van der Waals surface area contributed by atoms with Crippen molar-refractivity contribution in [1.82, 2.24) is 0 Å². The summed E-state index contributed by atoms with van der Waals surface area (Å²) in [6, 6.07) is 3.70. The third kappa shape index (κ3) is 2.01. The number of aliphatic hydroxyl groups excluding tert-OH is 1. The van der Waals surface area contributed by atoms with Crippen LogP contribution >= 0.6 is 0 Å². The van der Waals surface area contributed by atoms with E-state index in [9.17, 15) is 5.11 Å². The highest BCUT2D eigenvalue weighted by molar-refractivity contribution is 5.03. The van der Waals surface area contributed by atoms with Crippen molar-refractivity contribution in [2.45, 2.75) is 38.7 Å². The Morgan fingerprint density at radius 3 is 3.00 bits per heavy atom. The van der Waals surface area contributed by atoms with Crippen LogP contribution in [0, 0.1) is 11.8 Å². The topological polar surface area (TPSA) is 33.4 Å². The number of furan rings is 1. The van der Waals surface area contributed by atoms with Gasteiger partial charge in [0.1, 0.15) is 11.9 Å². The van der Waals surface area contributed by atoms with Gasteiger partial charge in [-0.15, -0.1) is 0 Å². The summed E-state index contributed by atoms with van der Waals surface area (Å²) < 4.78 is 5.23. The quantitative estimate of drug-likeness (QED) is 0.784. The highest BCUT2D eigenvalue weighted by Gasteiger charge is 2.27. The van der Waals surface area contributed by atoms with Crippen molar-refractivity contribution in [2.24, 2.45) is 11.8 Å². The molecule has 0 aromatic carbocycles. The molecule has 0 bridgehead atoms. The van der Waals surface area contributed by atoms with Crippen LogP contribution < -0.4 is 0 Å². The summed E-state index contributed by atoms with van der Waals surface area (Å²) in [6.45, 7) is 2.26. The standard InChI is InChI=1S/C12H18O2/c1-9-4-2-5-10(8-9)12(13)11-6-3-7-14-11/h3,6-7,9-10,12-13H,2,4-5,8H2,1H3. The van der Waals surface area contributed by atoms with Crippen molar-refractivity contribution in [3.63, 3.8) is 0 Å². The molecule has 1 N–H and O–H groups in total. The smallest absolute Gasteiger partial charge is 0.132 e. The van der Waals surface area contributed by atoms with E-state index in [0.29, 0.717) is 5.92 Å². The van der Waals surface area contributed by atoms with Crippen LogP contribution in [-0.4, -0.2) is 5.11 Å². The summed E-state index contributed by atoms with van der Waals surface area (Å²) in [5, 5.41) is 10.1. The second kappa shape index (κ2) is 4.18. The van der Waals surface area contributed by atoms with Gasteiger partial charge >= 0.3 is 0 Å². The minimum atomic E-state index is -0.396. The van der Waals surface area contributed by atoms with Gasteiger partial charge < -0.3 is 9.52 Å². The molecule has 0 radical (unpaired) electrons. The van der Waals surface area contributed by atoms with E-state index in [1.54, 1.807) is 6.26 Å². The van der Waals surface area contributed by atoms with E-state index >= 15 is 0 Å². The van der Waals surface area contributed by atoms with Gasteiger partial charge in [0.2, 0.25) is 0 Å². The summed E-state index contributed by atoms with van der Waals surface area (Å²) >= 11 is 0. The zero-order valence-electron chi connectivity index (χ0n) is 8.65. The van der Waals surface area contributed by atoms with E-state index in [0.717, 1.165) is 24.5 Å². The normalized spacial score (nSPS) is 30.1. The highest BCUT2D eigenvalue weighted by atomic mass is 16.4. The molecular formula is C12H18O2. The van der Waals surface area contributed by atoms with Crippen molar-refractivity contribution in [3.8, 4) is 0 Å². The Hall–Kier alpha value is -0.760. The monoisotopic (exact) mass is 194 g/mol. The Kier molecular flexibility index (Phi) is 2.92. The molecule has 1 aliphatic carbocycles. The lowest BCUT2D eigenvalue weighted by Gasteiger charge is -2.29. The Balaban J connectivity index is 2.00. The molecule has 0 saturated heterocycles. The Bertz CT molecular complexity index is 266. The van der Waals surface area contributed by atoms with E-state index in [1.807, 2.05) is 12.1 Å². The van der Waals surface area contributed by atoms with Crippen LogP contribution in [0.4, 0.5) is 0 Å². The fourth-order valence-electron chi connectivity index (χ4n) is 2.46. The first-order chi connectivity index (χ1) is 6.77. The maximum atomic E-state index is 10.1. The molecule has 1 aromatic heterocycles. The molecule has 1 heterocycles. The molecule has 2 nitrogen and oxygen atoms in total. The summed E-state index contributed by atoms with van der Waals surface area (Å²) in [6.07, 6.45) is 6.04. The summed E-state index contributed by atoms with van der Waals surface area (Å²) in [4.78, 5) is 0. The third-order valence-corrected chi connectivity index (χ3v) is 3.26. The van der Waals surface area contributed by atoms with E-state index < -0.39 is 6.10 Å². The molecule has 2 rings (SSSR count). The number of rotatable bonds is 2. The molecule has 78 valence electrons. The van der Waals surface area contributed by atoms with Gasteiger partial charge in [0.25, 0.3) is 0 Å². The molecule has 2 heteroatoms. The molecule has 0 spiro atoms. The third-order valence-electron chi connectivity index (χ3n) is 3.26. The molecule has 1 aliphatic rings. The molecule has 14 heavy (non-hydrogen) atoms. The van der Waals surface area contributed by atoms with E-state index in [2.05, 4.69) is 6.92 Å². The Labute approximate surface area is 84.9 Å². The molecule has 0 aliphatic heterocycles. The molecule has 0 amide bonds. The largest absolute Gasteiger partial charge is 0.467 e. The van der Waals surface area contributed by atoms with Crippen molar-refractivity contribution >= 4 is 0 Å². The lowest BCUT2D eigenvalue weighted by atomic mass is 9.79. The van der Waals surface area contributed by atoms with Gasteiger partial charge in [-0.1, -0.05) is 19.8 Å². The van der Waals surface area contributed by atoms with Gasteiger partial charge in [-0.3, -0.25) is 0 Å². The minimum absolute atomic E-state index is 0.393. The molecule has 1 fully saturated rings. The van der Waals surface area contributed by atoms with Crippen LogP contribution in [-0.2, 0) is 0 Å². The van der Waals surface area contributed by atoms with Gasteiger partial charge in [-0.2, -0.15) is 0 Å². The molecular weight excluding hydrogens is 176 g/mol. The fraction of sp³-hybridized carbons (Fsp3) is 0.667. The second-order valence-electron chi connectivity index (χ2n) is 4.49. The van der Waals surface area contributed by atoms with Gasteiger partial charge in [0.15, 0.2) is 0 Å². The second-order valence-corrected chi connectivity index (χ2v) is 4.49. The summed E-state index contributed by atoms with van der Waals surface area (Å²) in [5.74, 6) is 1.87. The molecule has 3 unspecified atom stereocenters. The SMILES string of the molecule is CC1CCCC(C(O)c2ccco2)C1. The van der Waals surface area contributed by atoms with Crippen LogP contribution in [0.2, 0.25) is 0 Å². The maximum Gasteiger partial charge on any atom is 0.132 e. The highest BCUT2D eigenvalue weighted by Crippen LogP contribution is 2.36. The van der Waals surface area contributed by atoms with Crippen molar-refractivity contribution in [3.05, 3.63) is 24.2 Å². The van der Waals surface area contributed by atoms with Gasteiger partial charge in [-0.05, 0) is 36.8 Å². The van der Waals surface area contributed by atoms with Crippen molar-refractivity contribution in [1.29, 1.82) is 0 Å². The van der Waals surface area contributed by atoms with Crippen LogP contribution in [0.15, 0.2) is 22.8 Å². The Morgan fingerprint density at radius 1 is 1.50 bits per heavy atom. The zero-order chi connectivity index (χ0) is 9.97. The van der Waals surface area contributed by atoms with Crippen LogP contribution in [0.25, 0.3) is 0 Å². The van der Waals surface area contributed by atoms with Gasteiger partial charge in [0, 0.05) is 0 Å². The number of hydrogen-bond acceptors (Lipinski definition) is 2. The van der Waals surface area contributed by atoms with Crippen molar-refractivity contribution < 1.29 is 9.52 Å². The molecule has 1 saturated carbocycles. The van der Waals surface area contributed by atoms with Crippen LogP contribution in [0.5, 0.6) is 0 Å². The zero-order valence-corrected chi connectivity index (χ0v) is 8.65. The van der Waals surface area contributed by atoms with E-state index in [-0.39, 0.29) is 0 Å². The predicted molar refractivity (Wildman–Crippen MR) is 54.8 cm³/mol. The maximum absolute atomic E-state index is 10.1. The fourth-order valence-corrected chi connectivity index (χ4v) is 2.46. The van der Waals surface area contributed by atoms with Crippen LogP contribution in [0.3, 0.4) is 0 Å². The minimum Gasteiger partial charge on any atom is -0.467 e. The summed E-state index contributed by atoms with van der Waals surface area (Å²) in [5.41, 5.74) is 0. The van der Waals surface area contributed by atoms with Gasteiger partial charge in [-0.25, -0.2) is 0 Å². The summed E-state index contributed by atoms with van der Waals surface area (Å²) in [7, 11) is 0. The molecule has 1 aromatic rings. The van der Waals surface area contributed by atoms with E-state index in [4.69, 9.17) is 4.42 Å². The van der Waals surface area contributed by atoms with Crippen molar-refractivity contribution in [2.75, 3.05) is 0 Å².